The van der Waals surface area contributed by atoms with Gasteiger partial charge in [-0.3, -0.25) is 9.59 Å². The quantitative estimate of drug-likeness (QED) is 0.856. The first kappa shape index (κ1) is 17.5. The topological polar surface area (TPSA) is 67.4 Å². The molecule has 0 aromatic heterocycles. The van der Waals surface area contributed by atoms with Gasteiger partial charge in [0.2, 0.25) is 0 Å². The largest absolute Gasteiger partial charge is 0.481 e. The Labute approximate surface area is 142 Å². The summed E-state index contributed by atoms with van der Waals surface area (Å²) in [6.07, 6.45) is -0.628. The van der Waals surface area contributed by atoms with Crippen molar-refractivity contribution < 1.29 is 14.3 Å². The van der Waals surface area contributed by atoms with E-state index in [0.29, 0.717) is 17.0 Å². The lowest BCUT2D eigenvalue weighted by molar-refractivity contribution is -0.122. The molecule has 0 radical (unpaired) electrons. The number of benzene rings is 2. The maximum Gasteiger partial charge on any atom is 0.265 e. The molecule has 0 fully saturated rings. The SMILES string of the molecule is CC(C)NC(=O)c1ccc(NC(=O)C(C)Oc2ccccc2)cc1. The monoisotopic (exact) mass is 326 g/mol. The van der Waals surface area contributed by atoms with Crippen LogP contribution in [0.2, 0.25) is 0 Å². The van der Waals surface area contributed by atoms with Crippen LogP contribution in [0.25, 0.3) is 0 Å². The van der Waals surface area contributed by atoms with Gasteiger partial charge in [0.05, 0.1) is 0 Å². The van der Waals surface area contributed by atoms with Gasteiger partial charge in [0, 0.05) is 17.3 Å². The maximum absolute atomic E-state index is 12.2. The van der Waals surface area contributed by atoms with Crippen molar-refractivity contribution in [2.45, 2.75) is 32.9 Å². The molecule has 2 rings (SSSR count). The van der Waals surface area contributed by atoms with E-state index in [9.17, 15) is 9.59 Å². The molecular weight excluding hydrogens is 304 g/mol. The summed E-state index contributed by atoms with van der Waals surface area (Å²) < 4.78 is 5.58. The molecule has 0 aliphatic heterocycles. The highest BCUT2D eigenvalue weighted by molar-refractivity contribution is 5.96. The van der Waals surface area contributed by atoms with Gasteiger partial charge in [0.1, 0.15) is 5.75 Å². The minimum atomic E-state index is -0.628. The molecular formula is C19H22N2O3. The van der Waals surface area contributed by atoms with E-state index < -0.39 is 6.10 Å². The number of ether oxygens (including phenoxy) is 1. The van der Waals surface area contributed by atoms with Gasteiger partial charge in [-0.15, -0.1) is 0 Å². The second-order valence-electron chi connectivity index (χ2n) is 5.77. The Balaban J connectivity index is 1.93. The van der Waals surface area contributed by atoms with E-state index >= 15 is 0 Å². The van der Waals surface area contributed by atoms with Gasteiger partial charge in [0.25, 0.3) is 11.8 Å². The zero-order chi connectivity index (χ0) is 17.5. The van der Waals surface area contributed by atoms with Crippen molar-refractivity contribution >= 4 is 17.5 Å². The number of amides is 2. The average Bonchev–Trinajstić information content (AvgIpc) is 2.55. The number of nitrogens with one attached hydrogen (secondary N) is 2. The van der Waals surface area contributed by atoms with E-state index in [-0.39, 0.29) is 17.9 Å². The van der Waals surface area contributed by atoms with Gasteiger partial charge in [-0.2, -0.15) is 0 Å². The summed E-state index contributed by atoms with van der Waals surface area (Å²) in [5.41, 5.74) is 1.17. The molecule has 0 saturated carbocycles. The van der Waals surface area contributed by atoms with Gasteiger partial charge in [-0.25, -0.2) is 0 Å². The van der Waals surface area contributed by atoms with Crippen LogP contribution in [-0.4, -0.2) is 24.0 Å². The highest BCUT2D eigenvalue weighted by Crippen LogP contribution is 2.13. The molecule has 5 heteroatoms. The minimum absolute atomic E-state index is 0.0767. The number of rotatable bonds is 6. The van der Waals surface area contributed by atoms with Crippen LogP contribution in [0.5, 0.6) is 5.75 Å². The molecule has 0 spiro atoms. The third-order valence-electron chi connectivity index (χ3n) is 3.26. The molecule has 5 nitrogen and oxygen atoms in total. The van der Waals surface area contributed by atoms with Crippen molar-refractivity contribution in [3.63, 3.8) is 0 Å². The summed E-state index contributed by atoms with van der Waals surface area (Å²) in [4.78, 5) is 24.0. The first-order chi connectivity index (χ1) is 11.5. The van der Waals surface area contributed by atoms with Crippen LogP contribution in [0.4, 0.5) is 5.69 Å². The van der Waals surface area contributed by atoms with E-state index in [2.05, 4.69) is 10.6 Å². The molecule has 126 valence electrons. The summed E-state index contributed by atoms with van der Waals surface area (Å²) >= 11 is 0. The van der Waals surface area contributed by atoms with Crippen molar-refractivity contribution in [2.75, 3.05) is 5.32 Å². The maximum atomic E-state index is 12.2. The summed E-state index contributed by atoms with van der Waals surface area (Å²) in [5.74, 6) is 0.253. The Kier molecular flexibility index (Phi) is 5.95. The third kappa shape index (κ3) is 5.12. The van der Waals surface area contributed by atoms with E-state index in [4.69, 9.17) is 4.74 Å². The van der Waals surface area contributed by atoms with Crippen LogP contribution in [0, 0.1) is 0 Å². The van der Waals surface area contributed by atoms with Gasteiger partial charge in [-0.1, -0.05) is 18.2 Å². The minimum Gasteiger partial charge on any atom is -0.481 e. The first-order valence-electron chi connectivity index (χ1n) is 7.89. The van der Waals surface area contributed by atoms with Crippen molar-refractivity contribution in [1.82, 2.24) is 5.32 Å². The fourth-order valence-electron chi connectivity index (χ4n) is 2.05. The molecule has 0 heterocycles. The highest BCUT2D eigenvalue weighted by Gasteiger charge is 2.15. The Morgan fingerprint density at radius 1 is 0.917 bits per heavy atom. The van der Waals surface area contributed by atoms with Gasteiger partial charge >= 0.3 is 0 Å². The number of para-hydroxylation sites is 1. The van der Waals surface area contributed by atoms with Crippen LogP contribution in [0.15, 0.2) is 54.6 Å². The van der Waals surface area contributed by atoms with Crippen molar-refractivity contribution in [1.29, 1.82) is 0 Å². The lowest BCUT2D eigenvalue weighted by Gasteiger charge is -2.15. The Bertz CT molecular complexity index is 682. The Morgan fingerprint density at radius 3 is 2.12 bits per heavy atom. The number of hydrogen-bond donors (Lipinski definition) is 2. The number of carbonyl (C=O) groups excluding carboxylic acids is 2. The second kappa shape index (κ2) is 8.15. The number of anilines is 1. The molecule has 2 amide bonds. The molecule has 0 bridgehead atoms. The Morgan fingerprint density at radius 2 is 1.54 bits per heavy atom. The first-order valence-corrected chi connectivity index (χ1v) is 7.89. The zero-order valence-corrected chi connectivity index (χ0v) is 14.1. The van der Waals surface area contributed by atoms with Crippen LogP contribution < -0.4 is 15.4 Å². The van der Waals surface area contributed by atoms with Crippen LogP contribution >= 0.6 is 0 Å². The van der Waals surface area contributed by atoms with E-state index in [1.54, 1.807) is 43.3 Å². The molecule has 0 aliphatic rings. The second-order valence-corrected chi connectivity index (χ2v) is 5.77. The van der Waals surface area contributed by atoms with Gasteiger partial charge in [-0.05, 0) is 57.2 Å². The predicted octanol–water partition coefficient (Wildman–Crippen LogP) is 3.23. The van der Waals surface area contributed by atoms with Crippen molar-refractivity contribution in [2.24, 2.45) is 0 Å². The fourth-order valence-corrected chi connectivity index (χ4v) is 2.05. The third-order valence-corrected chi connectivity index (χ3v) is 3.26. The molecule has 2 N–H and O–H groups in total. The smallest absolute Gasteiger partial charge is 0.265 e. The zero-order valence-electron chi connectivity index (χ0n) is 14.1. The standard InChI is InChI=1S/C19H22N2O3/c1-13(2)20-19(23)15-9-11-16(12-10-15)21-18(22)14(3)24-17-7-5-4-6-8-17/h4-14H,1-3H3,(H,20,23)(H,21,22). The number of hydrogen-bond acceptors (Lipinski definition) is 3. The average molecular weight is 326 g/mol. The molecule has 0 saturated heterocycles. The molecule has 2 aromatic rings. The van der Waals surface area contributed by atoms with E-state index in [0.717, 1.165) is 0 Å². The summed E-state index contributed by atoms with van der Waals surface area (Å²) in [7, 11) is 0. The highest BCUT2D eigenvalue weighted by atomic mass is 16.5. The molecule has 0 aliphatic carbocycles. The van der Waals surface area contributed by atoms with Crippen LogP contribution in [0.3, 0.4) is 0 Å². The normalized spacial score (nSPS) is 11.7. The Hall–Kier alpha value is -2.82. The van der Waals surface area contributed by atoms with Crippen molar-refractivity contribution in [3.05, 3.63) is 60.2 Å². The molecule has 2 aromatic carbocycles. The van der Waals surface area contributed by atoms with Crippen LogP contribution in [0.1, 0.15) is 31.1 Å². The summed E-state index contributed by atoms with van der Waals surface area (Å²) in [5, 5.41) is 5.59. The van der Waals surface area contributed by atoms with Crippen molar-refractivity contribution in [3.8, 4) is 5.75 Å². The van der Waals surface area contributed by atoms with Crippen LogP contribution in [-0.2, 0) is 4.79 Å². The summed E-state index contributed by atoms with van der Waals surface area (Å²) in [6, 6.07) is 16.0. The van der Waals surface area contributed by atoms with E-state index in [1.807, 2.05) is 32.0 Å². The van der Waals surface area contributed by atoms with Gasteiger partial charge in [0.15, 0.2) is 6.10 Å². The van der Waals surface area contributed by atoms with E-state index in [1.165, 1.54) is 0 Å². The molecule has 1 atom stereocenters. The fraction of sp³-hybridized carbons (Fsp3) is 0.263. The lowest BCUT2D eigenvalue weighted by Crippen LogP contribution is -2.30. The van der Waals surface area contributed by atoms with Gasteiger partial charge < -0.3 is 15.4 Å². The molecule has 24 heavy (non-hydrogen) atoms. The predicted molar refractivity (Wildman–Crippen MR) is 94.2 cm³/mol. The summed E-state index contributed by atoms with van der Waals surface area (Å²) in [6.45, 7) is 5.49. The lowest BCUT2D eigenvalue weighted by atomic mass is 10.2. The number of carbonyl (C=O) groups is 2. The molecule has 1 unspecified atom stereocenters.